The van der Waals surface area contributed by atoms with Crippen molar-refractivity contribution in [1.29, 1.82) is 0 Å². The minimum atomic E-state index is 0.530. The normalized spacial score (nSPS) is 20.5. The Morgan fingerprint density at radius 2 is 1.95 bits per heavy atom. The molecule has 1 aliphatic carbocycles. The van der Waals surface area contributed by atoms with Crippen LogP contribution >= 0.6 is 11.3 Å². The van der Waals surface area contributed by atoms with Gasteiger partial charge in [0.05, 0.1) is 17.3 Å². The third-order valence-electron chi connectivity index (χ3n) is 8.21. The molecule has 9 rings (SSSR count). The van der Waals surface area contributed by atoms with Crippen molar-refractivity contribution in [2.75, 3.05) is 30.4 Å². The fourth-order valence-electron chi connectivity index (χ4n) is 5.88. The number of methoxy groups -OCH3 is 1. The standard InChI is InChI=1S/C29H29N9OS/c1-39-26-7-2-17(12-31-26)14-38-20-10-21(38)16-37(15-20)25-6-5-19(13-30-25)28-32-22-8-9-40-27(22)29(34-28)33-24-11-23(35-36-24)18-3-4-18/h2,5-9,11-13,18,20-21H,3-4,10,14-16H2,1H3,(H2,32,33,34,35,36). The van der Waals surface area contributed by atoms with Crippen LogP contribution in [0.15, 0.2) is 54.2 Å². The Hall–Kier alpha value is -4.09. The Kier molecular flexibility index (Phi) is 5.66. The van der Waals surface area contributed by atoms with Gasteiger partial charge in [-0.2, -0.15) is 5.10 Å². The van der Waals surface area contributed by atoms with E-state index in [9.17, 15) is 0 Å². The van der Waals surface area contributed by atoms with Crippen LogP contribution in [0.1, 0.15) is 36.4 Å². The molecule has 2 bridgehead atoms. The van der Waals surface area contributed by atoms with Gasteiger partial charge in [-0.05, 0) is 48.4 Å². The first-order chi connectivity index (χ1) is 19.7. The summed E-state index contributed by atoms with van der Waals surface area (Å²) in [4.78, 5) is 23.9. The van der Waals surface area contributed by atoms with Crippen molar-refractivity contribution >= 4 is 39.0 Å². The summed E-state index contributed by atoms with van der Waals surface area (Å²) in [6, 6.07) is 13.4. The third-order valence-corrected chi connectivity index (χ3v) is 9.12. The van der Waals surface area contributed by atoms with Gasteiger partial charge in [-0.15, -0.1) is 11.3 Å². The summed E-state index contributed by atoms with van der Waals surface area (Å²) in [5.41, 5.74) is 4.23. The molecule has 2 unspecified atom stereocenters. The van der Waals surface area contributed by atoms with Gasteiger partial charge in [0, 0.05) is 73.4 Å². The number of piperidine rings is 1. The molecule has 4 fully saturated rings. The molecule has 10 nitrogen and oxygen atoms in total. The SMILES string of the molecule is COc1ccc(CN2C3CC2CN(c2ccc(-c4nc(Nc5cc(C6CC6)[nH]n5)c5sccc5n4)cn2)C3)cn1. The maximum atomic E-state index is 5.19. The van der Waals surface area contributed by atoms with Crippen molar-refractivity contribution in [3.8, 4) is 17.3 Å². The first-order valence-electron chi connectivity index (χ1n) is 13.7. The van der Waals surface area contributed by atoms with Gasteiger partial charge in [0.2, 0.25) is 5.88 Å². The Morgan fingerprint density at radius 1 is 1.05 bits per heavy atom. The van der Waals surface area contributed by atoms with Crippen molar-refractivity contribution in [2.45, 2.75) is 43.8 Å². The minimum absolute atomic E-state index is 0.530. The van der Waals surface area contributed by atoms with E-state index in [0.717, 1.165) is 52.9 Å². The van der Waals surface area contributed by atoms with Crippen LogP contribution < -0.4 is 15.0 Å². The molecule has 1 saturated carbocycles. The quantitative estimate of drug-likeness (QED) is 0.276. The number of fused-ring (bicyclic) bond motifs is 3. The molecule has 4 aliphatic rings. The zero-order chi connectivity index (χ0) is 26.6. The summed E-state index contributed by atoms with van der Waals surface area (Å²) in [6.45, 7) is 2.88. The molecular formula is C29H29N9OS. The van der Waals surface area contributed by atoms with Crippen LogP contribution in [0.3, 0.4) is 0 Å². The van der Waals surface area contributed by atoms with E-state index >= 15 is 0 Å². The van der Waals surface area contributed by atoms with Crippen molar-refractivity contribution in [3.05, 3.63) is 65.4 Å². The molecule has 3 aliphatic heterocycles. The van der Waals surface area contributed by atoms with Gasteiger partial charge < -0.3 is 15.0 Å². The first-order valence-corrected chi connectivity index (χ1v) is 14.6. The molecule has 5 aromatic heterocycles. The number of anilines is 3. The lowest BCUT2D eigenvalue weighted by Gasteiger charge is -2.56. The second-order valence-corrected chi connectivity index (χ2v) is 11.8. The van der Waals surface area contributed by atoms with Crippen LogP contribution in [0.4, 0.5) is 17.5 Å². The van der Waals surface area contributed by atoms with Gasteiger partial charge in [-0.3, -0.25) is 10.00 Å². The Balaban J connectivity index is 0.972. The molecule has 40 heavy (non-hydrogen) atoms. The van der Waals surface area contributed by atoms with E-state index in [1.807, 2.05) is 29.9 Å². The molecular weight excluding hydrogens is 522 g/mol. The van der Waals surface area contributed by atoms with Crippen LogP contribution in [0.2, 0.25) is 0 Å². The number of hydrogen-bond donors (Lipinski definition) is 2. The number of nitrogens with one attached hydrogen (secondary N) is 2. The summed E-state index contributed by atoms with van der Waals surface area (Å²) < 4.78 is 6.21. The third kappa shape index (κ3) is 4.35. The molecule has 202 valence electrons. The zero-order valence-electron chi connectivity index (χ0n) is 22.1. The molecule has 0 spiro atoms. The highest BCUT2D eigenvalue weighted by atomic mass is 32.1. The number of H-pyrrole nitrogens is 1. The predicted octanol–water partition coefficient (Wildman–Crippen LogP) is 4.96. The van der Waals surface area contributed by atoms with E-state index in [-0.39, 0.29) is 0 Å². The van der Waals surface area contributed by atoms with Crippen LogP contribution in [-0.2, 0) is 6.54 Å². The van der Waals surface area contributed by atoms with Crippen molar-refractivity contribution in [3.63, 3.8) is 0 Å². The molecule has 0 radical (unpaired) electrons. The number of pyridine rings is 2. The molecule has 0 amide bonds. The summed E-state index contributed by atoms with van der Waals surface area (Å²) in [5, 5.41) is 13.1. The van der Waals surface area contributed by atoms with E-state index in [1.165, 1.54) is 30.5 Å². The Morgan fingerprint density at radius 3 is 2.70 bits per heavy atom. The topological polar surface area (TPSA) is 108 Å². The largest absolute Gasteiger partial charge is 0.481 e. The maximum absolute atomic E-state index is 5.19. The maximum Gasteiger partial charge on any atom is 0.212 e. The van der Waals surface area contributed by atoms with Gasteiger partial charge in [0.25, 0.3) is 0 Å². The summed E-state index contributed by atoms with van der Waals surface area (Å²) in [5.74, 6) is 4.50. The van der Waals surface area contributed by atoms with Gasteiger partial charge >= 0.3 is 0 Å². The van der Waals surface area contributed by atoms with Gasteiger partial charge in [-0.25, -0.2) is 19.9 Å². The fourth-order valence-corrected chi connectivity index (χ4v) is 6.65. The highest BCUT2D eigenvalue weighted by Crippen LogP contribution is 2.40. The minimum Gasteiger partial charge on any atom is -0.481 e. The molecule has 2 atom stereocenters. The van der Waals surface area contributed by atoms with Crippen molar-refractivity contribution in [2.24, 2.45) is 0 Å². The Labute approximate surface area is 235 Å². The lowest BCUT2D eigenvalue weighted by atomic mass is 9.87. The zero-order valence-corrected chi connectivity index (χ0v) is 22.9. The van der Waals surface area contributed by atoms with E-state index in [0.29, 0.717) is 29.7 Å². The molecule has 3 saturated heterocycles. The number of hydrogen-bond acceptors (Lipinski definition) is 10. The summed E-state index contributed by atoms with van der Waals surface area (Å²) >= 11 is 1.63. The number of aromatic amines is 1. The Bertz CT molecular complexity index is 1650. The van der Waals surface area contributed by atoms with Crippen molar-refractivity contribution in [1.82, 2.24) is 35.0 Å². The highest BCUT2D eigenvalue weighted by molar-refractivity contribution is 7.17. The first kappa shape index (κ1) is 23.8. The molecule has 8 heterocycles. The van der Waals surface area contributed by atoms with E-state index in [2.05, 4.69) is 54.6 Å². The molecule has 2 N–H and O–H groups in total. The van der Waals surface area contributed by atoms with Crippen LogP contribution in [0.5, 0.6) is 5.88 Å². The average Bonchev–Trinajstić information content (AvgIpc) is 3.55. The van der Waals surface area contributed by atoms with Crippen LogP contribution in [0, 0.1) is 0 Å². The number of rotatable bonds is 8. The smallest absolute Gasteiger partial charge is 0.212 e. The number of nitrogens with zero attached hydrogens (tertiary/aromatic N) is 7. The van der Waals surface area contributed by atoms with Gasteiger partial charge in [0.1, 0.15) is 5.82 Å². The molecule has 5 aromatic rings. The van der Waals surface area contributed by atoms with Gasteiger partial charge in [0.15, 0.2) is 17.5 Å². The number of aromatic nitrogens is 6. The molecule has 0 aromatic carbocycles. The second-order valence-electron chi connectivity index (χ2n) is 10.9. The number of thiophene rings is 1. The van der Waals surface area contributed by atoms with Crippen LogP contribution in [0.25, 0.3) is 21.6 Å². The second kappa shape index (κ2) is 9.53. The lowest BCUT2D eigenvalue weighted by molar-refractivity contribution is -0.00876. The van der Waals surface area contributed by atoms with Crippen LogP contribution in [-0.4, -0.2) is 67.3 Å². The van der Waals surface area contributed by atoms with E-state index in [4.69, 9.17) is 19.7 Å². The van der Waals surface area contributed by atoms with Gasteiger partial charge in [-0.1, -0.05) is 6.07 Å². The number of ether oxygens (including phenoxy) is 1. The fraction of sp³-hybridized carbons (Fsp3) is 0.345. The summed E-state index contributed by atoms with van der Waals surface area (Å²) in [7, 11) is 1.65. The van der Waals surface area contributed by atoms with Crippen molar-refractivity contribution < 1.29 is 4.74 Å². The lowest BCUT2D eigenvalue weighted by Crippen LogP contribution is -2.68. The predicted molar refractivity (Wildman–Crippen MR) is 155 cm³/mol. The molecule has 11 heteroatoms. The monoisotopic (exact) mass is 551 g/mol. The summed E-state index contributed by atoms with van der Waals surface area (Å²) in [6.07, 6.45) is 7.52. The average molecular weight is 552 g/mol. The van der Waals surface area contributed by atoms with E-state index < -0.39 is 0 Å². The van der Waals surface area contributed by atoms with E-state index in [1.54, 1.807) is 18.4 Å². The number of piperazine rings is 1. The highest BCUT2D eigenvalue weighted by Gasteiger charge is 2.44.